The standard InChI is InChI=1S/C26H31N3O4/c1-4-28-13-15-29(16-14-28)23-8-6-5-7-22(23)27-25(30)12-11-21-18(2)20-10-9-19(32-3)17-24(20)33-26(21)31/h5-10,17H,4,11-16H2,1-3H3,(H,27,30). The normalized spacial score (nSPS) is 14.5. The number of methoxy groups -OCH3 is 1. The first-order valence-corrected chi connectivity index (χ1v) is 11.5. The van der Waals surface area contributed by atoms with Gasteiger partial charge in [0.05, 0.1) is 18.5 Å². The highest BCUT2D eigenvalue weighted by Crippen LogP contribution is 2.27. The highest BCUT2D eigenvalue weighted by molar-refractivity contribution is 5.94. The molecule has 0 aliphatic carbocycles. The lowest BCUT2D eigenvalue weighted by Gasteiger charge is -2.36. The number of carbonyl (C=O) groups excluding carboxylic acids is 1. The van der Waals surface area contributed by atoms with Gasteiger partial charge in [-0.1, -0.05) is 19.1 Å². The van der Waals surface area contributed by atoms with Crippen LogP contribution in [0.5, 0.6) is 5.75 Å². The summed E-state index contributed by atoms with van der Waals surface area (Å²) in [5, 5.41) is 3.90. The Bertz CT molecular complexity index is 1200. The maximum atomic E-state index is 12.8. The summed E-state index contributed by atoms with van der Waals surface area (Å²) in [5.74, 6) is 0.509. The van der Waals surface area contributed by atoms with Crippen molar-refractivity contribution in [3.8, 4) is 5.75 Å². The van der Waals surface area contributed by atoms with Crippen molar-refractivity contribution in [2.24, 2.45) is 0 Å². The Kier molecular flexibility index (Phi) is 6.99. The van der Waals surface area contributed by atoms with E-state index in [4.69, 9.17) is 9.15 Å². The molecule has 0 atom stereocenters. The number of anilines is 2. The van der Waals surface area contributed by atoms with E-state index in [0.717, 1.165) is 55.0 Å². The van der Waals surface area contributed by atoms with Gasteiger partial charge < -0.3 is 24.3 Å². The van der Waals surface area contributed by atoms with E-state index in [0.29, 0.717) is 23.3 Å². The molecule has 1 saturated heterocycles. The Morgan fingerprint density at radius 1 is 1.12 bits per heavy atom. The van der Waals surface area contributed by atoms with Crippen molar-refractivity contribution in [2.45, 2.75) is 26.7 Å². The van der Waals surface area contributed by atoms with Crippen LogP contribution < -0.4 is 20.6 Å². The third-order valence-corrected chi connectivity index (χ3v) is 6.43. The van der Waals surface area contributed by atoms with Gasteiger partial charge in [-0.05, 0) is 49.7 Å². The fourth-order valence-electron chi connectivity index (χ4n) is 4.40. The number of benzene rings is 2. The van der Waals surface area contributed by atoms with Crippen molar-refractivity contribution >= 4 is 28.3 Å². The number of amides is 1. The van der Waals surface area contributed by atoms with Gasteiger partial charge in [-0.25, -0.2) is 4.79 Å². The number of nitrogens with one attached hydrogen (secondary N) is 1. The number of rotatable bonds is 7. The molecule has 0 spiro atoms. The van der Waals surface area contributed by atoms with Crippen LogP contribution in [0.1, 0.15) is 24.5 Å². The van der Waals surface area contributed by atoms with E-state index in [2.05, 4.69) is 22.0 Å². The van der Waals surface area contributed by atoms with E-state index >= 15 is 0 Å². The molecule has 3 aromatic rings. The van der Waals surface area contributed by atoms with Crippen molar-refractivity contribution in [1.29, 1.82) is 0 Å². The number of piperazine rings is 1. The zero-order valence-electron chi connectivity index (χ0n) is 19.5. The lowest BCUT2D eigenvalue weighted by molar-refractivity contribution is -0.116. The highest BCUT2D eigenvalue weighted by atomic mass is 16.5. The minimum atomic E-state index is -0.407. The summed E-state index contributed by atoms with van der Waals surface area (Å²) in [7, 11) is 1.57. The van der Waals surface area contributed by atoms with Crippen LogP contribution in [0, 0.1) is 6.92 Å². The second-order valence-corrected chi connectivity index (χ2v) is 8.34. The second-order valence-electron chi connectivity index (χ2n) is 8.34. The molecule has 0 unspecified atom stereocenters. The number of hydrogen-bond acceptors (Lipinski definition) is 6. The molecule has 1 aliphatic rings. The third-order valence-electron chi connectivity index (χ3n) is 6.43. The zero-order valence-corrected chi connectivity index (χ0v) is 19.5. The number of hydrogen-bond donors (Lipinski definition) is 1. The van der Waals surface area contributed by atoms with Crippen molar-refractivity contribution in [2.75, 3.05) is 50.1 Å². The molecule has 174 valence electrons. The number of likely N-dealkylation sites (N-methyl/N-ethyl adjacent to an activating group) is 1. The molecule has 2 aromatic carbocycles. The maximum absolute atomic E-state index is 12.8. The summed E-state index contributed by atoms with van der Waals surface area (Å²) in [5.41, 5.74) is 3.30. The Labute approximate surface area is 193 Å². The molecular weight excluding hydrogens is 418 g/mol. The summed E-state index contributed by atoms with van der Waals surface area (Å²) in [6.45, 7) is 9.03. The number of aryl methyl sites for hydroxylation is 1. The SMILES string of the molecule is CCN1CCN(c2ccccc2NC(=O)CCc2c(C)c3ccc(OC)cc3oc2=O)CC1. The molecule has 7 heteroatoms. The van der Waals surface area contributed by atoms with E-state index in [1.54, 1.807) is 13.2 Å². The van der Waals surface area contributed by atoms with Gasteiger partial charge in [-0.3, -0.25) is 4.79 Å². The maximum Gasteiger partial charge on any atom is 0.339 e. The van der Waals surface area contributed by atoms with Gasteiger partial charge in [0.2, 0.25) is 5.91 Å². The molecular formula is C26H31N3O4. The number of para-hydroxylation sites is 2. The third kappa shape index (κ3) is 5.03. The quantitative estimate of drug-likeness (QED) is 0.553. The lowest BCUT2D eigenvalue weighted by Crippen LogP contribution is -2.46. The van der Waals surface area contributed by atoms with Gasteiger partial charge in [0, 0.05) is 49.6 Å². The summed E-state index contributed by atoms with van der Waals surface area (Å²) in [6.07, 6.45) is 0.518. The van der Waals surface area contributed by atoms with Gasteiger partial charge in [-0.2, -0.15) is 0 Å². The molecule has 33 heavy (non-hydrogen) atoms. The van der Waals surface area contributed by atoms with Crippen LogP contribution in [0.3, 0.4) is 0 Å². The molecule has 4 rings (SSSR count). The van der Waals surface area contributed by atoms with Crippen LogP contribution in [0.25, 0.3) is 11.0 Å². The minimum absolute atomic E-state index is 0.122. The van der Waals surface area contributed by atoms with Crippen LogP contribution >= 0.6 is 0 Å². The summed E-state index contributed by atoms with van der Waals surface area (Å²) < 4.78 is 10.7. The molecule has 1 amide bonds. The Morgan fingerprint density at radius 2 is 1.88 bits per heavy atom. The average molecular weight is 450 g/mol. The molecule has 0 bridgehead atoms. The smallest absolute Gasteiger partial charge is 0.339 e. The van der Waals surface area contributed by atoms with Gasteiger partial charge in [0.15, 0.2) is 0 Å². The Hall–Kier alpha value is -3.32. The molecule has 1 N–H and O–H groups in total. The van der Waals surface area contributed by atoms with Crippen molar-refractivity contribution in [3.63, 3.8) is 0 Å². The summed E-state index contributed by atoms with van der Waals surface area (Å²) in [4.78, 5) is 30.1. The number of ether oxygens (including phenoxy) is 1. The van der Waals surface area contributed by atoms with Crippen LogP contribution in [0.4, 0.5) is 11.4 Å². The predicted octanol–water partition coefficient (Wildman–Crippen LogP) is 3.82. The largest absolute Gasteiger partial charge is 0.497 e. The van der Waals surface area contributed by atoms with Crippen LogP contribution in [0.15, 0.2) is 51.7 Å². The molecule has 0 saturated carbocycles. The van der Waals surface area contributed by atoms with E-state index in [-0.39, 0.29) is 12.3 Å². The lowest BCUT2D eigenvalue weighted by atomic mass is 10.0. The summed E-state index contributed by atoms with van der Waals surface area (Å²) >= 11 is 0. The topological polar surface area (TPSA) is 75.0 Å². The zero-order chi connectivity index (χ0) is 23.4. The first-order valence-electron chi connectivity index (χ1n) is 11.5. The van der Waals surface area contributed by atoms with E-state index in [1.165, 1.54) is 0 Å². The second kappa shape index (κ2) is 10.1. The van der Waals surface area contributed by atoms with E-state index < -0.39 is 5.63 Å². The number of fused-ring (bicyclic) bond motifs is 1. The van der Waals surface area contributed by atoms with E-state index in [9.17, 15) is 9.59 Å². The Balaban J connectivity index is 1.45. The number of nitrogens with zero attached hydrogens (tertiary/aromatic N) is 2. The van der Waals surface area contributed by atoms with Crippen LogP contribution in [-0.4, -0.2) is 50.6 Å². The molecule has 0 radical (unpaired) electrons. The summed E-state index contributed by atoms with van der Waals surface area (Å²) in [6, 6.07) is 13.3. The molecule has 1 aliphatic heterocycles. The van der Waals surface area contributed by atoms with Gasteiger partial charge >= 0.3 is 5.63 Å². The fourth-order valence-corrected chi connectivity index (χ4v) is 4.40. The van der Waals surface area contributed by atoms with Crippen molar-refractivity contribution in [1.82, 2.24) is 4.90 Å². The minimum Gasteiger partial charge on any atom is -0.497 e. The number of carbonyl (C=O) groups is 1. The van der Waals surface area contributed by atoms with Gasteiger partial charge in [0.1, 0.15) is 11.3 Å². The molecule has 7 nitrogen and oxygen atoms in total. The monoisotopic (exact) mass is 449 g/mol. The first kappa shape index (κ1) is 22.9. The van der Waals surface area contributed by atoms with Gasteiger partial charge in [-0.15, -0.1) is 0 Å². The molecule has 2 heterocycles. The molecule has 1 aromatic heterocycles. The predicted molar refractivity (Wildman–Crippen MR) is 131 cm³/mol. The van der Waals surface area contributed by atoms with Gasteiger partial charge in [0.25, 0.3) is 0 Å². The van der Waals surface area contributed by atoms with Crippen molar-refractivity contribution < 1.29 is 13.9 Å². The van der Waals surface area contributed by atoms with Crippen molar-refractivity contribution in [3.05, 3.63) is 64.0 Å². The van der Waals surface area contributed by atoms with Crippen LogP contribution in [-0.2, 0) is 11.2 Å². The van der Waals surface area contributed by atoms with E-state index in [1.807, 2.05) is 43.3 Å². The first-order chi connectivity index (χ1) is 16.0. The highest BCUT2D eigenvalue weighted by Gasteiger charge is 2.19. The molecule has 1 fully saturated rings. The average Bonchev–Trinajstić information content (AvgIpc) is 2.84. The fraction of sp³-hybridized carbons (Fsp3) is 0.385. The van der Waals surface area contributed by atoms with Crippen LogP contribution in [0.2, 0.25) is 0 Å². The Morgan fingerprint density at radius 3 is 2.61 bits per heavy atom.